The summed E-state index contributed by atoms with van der Waals surface area (Å²) in [5.41, 5.74) is -0.835. The van der Waals surface area contributed by atoms with Crippen molar-refractivity contribution in [3.63, 3.8) is 0 Å². The van der Waals surface area contributed by atoms with Crippen LogP contribution in [0.5, 0.6) is 0 Å². The zero-order valence-corrected chi connectivity index (χ0v) is 18.0. The average Bonchev–Trinajstić information content (AvgIpc) is 2.82. The molecule has 154 valence electrons. The molecule has 0 aromatic heterocycles. The van der Waals surface area contributed by atoms with Crippen molar-refractivity contribution in [1.29, 1.82) is 0 Å². The molecule has 28 heavy (non-hydrogen) atoms. The van der Waals surface area contributed by atoms with Crippen LogP contribution in [0.15, 0.2) is 22.7 Å². The molecule has 0 radical (unpaired) electrons. The normalized spacial score (nSPS) is 24.0. The molecular weight excluding hydrogens is 431 g/mol. The van der Waals surface area contributed by atoms with Gasteiger partial charge in [0, 0.05) is 6.04 Å². The number of anilines is 1. The lowest BCUT2D eigenvalue weighted by molar-refractivity contribution is -0.0313. The van der Waals surface area contributed by atoms with Crippen LogP contribution in [0.25, 0.3) is 0 Å². The summed E-state index contributed by atoms with van der Waals surface area (Å²) >= 11 is 3.11. The number of benzene rings is 1. The van der Waals surface area contributed by atoms with Crippen LogP contribution < -0.4 is 5.32 Å². The van der Waals surface area contributed by atoms with Crippen molar-refractivity contribution in [2.45, 2.75) is 70.1 Å². The monoisotopic (exact) mass is 456 g/mol. The van der Waals surface area contributed by atoms with Gasteiger partial charge in [-0.25, -0.2) is 14.0 Å². The molecule has 2 bridgehead atoms. The number of halogens is 2. The van der Waals surface area contributed by atoms with Gasteiger partial charge in [0.15, 0.2) is 0 Å². The summed E-state index contributed by atoms with van der Waals surface area (Å²) in [7, 11) is 0. The highest BCUT2D eigenvalue weighted by Crippen LogP contribution is 2.45. The number of nitrogens with one attached hydrogen (secondary N) is 1. The van der Waals surface area contributed by atoms with Crippen LogP contribution in [-0.2, 0) is 9.47 Å². The smallest absolute Gasteiger partial charge is 0.411 e. The highest BCUT2D eigenvalue weighted by molar-refractivity contribution is 9.10. The topological polar surface area (TPSA) is 67.9 Å². The van der Waals surface area contributed by atoms with Crippen LogP contribution in [0, 0.1) is 5.82 Å². The van der Waals surface area contributed by atoms with E-state index in [1.165, 1.54) is 12.1 Å². The van der Waals surface area contributed by atoms with Gasteiger partial charge in [-0.05, 0) is 80.9 Å². The number of carbonyl (C=O) groups excluding carboxylic acids is 2. The quantitative estimate of drug-likeness (QED) is 0.655. The summed E-state index contributed by atoms with van der Waals surface area (Å²) in [6.07, 6.45) is 3.28. The van der Waals surface area contributed by atoms with E-state index in [9.17, 15) is 14.0 Å². The second-order valence-electron chi connectivity index (χ2n) is 8.46. The fourth-order valence-corrected chi connectivity index (χ4v) is 4.44. The third-order valence-electron chi connectivity index (χ3n) is 5.25. The van der Waals surface area contributed by atoms with Crippen LogP contribution in [0.1, 0.15) is 52.9 Å². The SMILES string of the molecule is CC(C)(C)OC(=O)N1C2CCCC1(COC(=O)Nc1cccc(F)c1Br)CC2. The Hall–Kier alpha value is -1.83. The molecule has 8 heteroatoms. The number of hydrogen-bond donors (Lipinski definition) is 1. The Bertz CT molecular complexity index is 763. The zero-order valence-electron chi connectivity index (χ0n) is 16.4. The van der Waals surface area contributed by atoms with E-state index < -0.39 is 23.1 Å². The van der Waals surface area contributed by atoms with Gasteiger partial charge < -0.3 is 9.47 Å². The van der Waals surface area contributed by atoms with E-state index in [0.29, 0.717) is 5.69 Å². The molecule has 0 aliphatic carbocycles. The molecule has 2 unspecified atom stereocenters. The lowest BCUT2D eigenvalue weighted by Gasteiger charge is -2.44. The summed E-state index contributed by atoms with van der Waals surface area (Å²) in [4.78, 5) is 26.9. The van der Waals surface area contributed by atoms with E-state index in [1.807, 2.05) is 20.8 Å². The molecule has 0 spiro atoms. The van der Waals surface area contributed by atoms with E-state index in [-0.39, 0.29) is 23.2 Å². The Morgan fingerprint density at radius 2 is 2.07 bits per heavy atom. The van der Waals surface area contributed by atoms with Crippen LogP contribution in [0.2, 0.25) is 0 Å². The lowest BCUT2D eigenvalue weighted by atomic mass is 9.89. The standard InChI is InChI=1S/C20H26BrFN2O4/c1-19(2,3)28-18(26)24-13-6-5-10-20(24,11-9-13)12-27-17(25)23-15-8-4-7-14(22)16(15)21/h4,7-8,13H,5-6,9-12H2,1-3H3,(H,23,25). The Labute approximate surface area is 172 Å². The van der Waals surface area contributed by atoms with Gasteiger partial charge in [-0.2, -0.15) is 0 Å². The molecule has 1 N–H and O–H groups in total. The van der Waals surface area contributed by atoms with Crippen molar-refractivity contribution in [1.82, 2.24) is 4.90 Å². The molecule has 2 saturated heterocycles. The van der Waals surface area contributed by atoms with Crippen LogP contribution >= 0.6 is 15.9 Å². The molecule has 1 aromatic carbocycles. The van der Waals surface area contributed by atoms with Crippen LogP contribution in [0.3, 0.4) is 0 Å². The third kappa shape index (κ3) is 4.42. The first-order valence-corrected chi connectivity index (χ1v) is 10.3. The van der Waals surface area contributed by atoms with Crippen LogP contribution in [0.4, 0.5) is 19.7 Å². The first-order chi connectivity index (χ1) is 13.1. The summed E-state index contributed by atoms with van der Waals surface area (Å²) < 4.78 is 24.8. The number of rotatable bonds is 3. The number of nitrogens with zero attached hydrogens (tertiary/aromatic N) is 1. The van der Waals surface area contributed by atoms with Gasteiger partial charge >= 0.3 is 12.2 Å². The predicted octanol–water partition coefficient (Wildman–Crippen LogP) is 5.46. The van der Waals surface area contributed by atoms with E-state index in [4.69, 9.17) is 9.47 Å². The molecular formula is C20H26BrFN2O4. The Balaban J connectivity index is 1.68. The van der Waals surface area contributed by atoms with Crippen LogP contribution in [-0.4, -0.2) is 40.9 Å². The highest BCUT2D eigenvalue weighted by Gasteiger charge is 2.53. The fraction of sp³-hybridized carbons (Fsp3) is 0.600. The predicted molar refractivity (Wildman–Crippen MR) is 107 cm³/mol. The largest absolute Gasteiger partial charge is 0.447 e. The molecule has 0 saturated carbocycles. The number of amides is 2. The Morgan fingerprint density at radius 3 is 2.79 bits per heavy atom. The van der Waals surface area contributed by atoms with E-state index in [0.717, 1.165) is 32.1 Å². The van der Waals surface area contributed by atoms with Crippen molar-refractivity contribution < 1.29 is 23.5 Å². The molecule has 1 aromatic rings. The first-order valence-electron chi connectivity index (χ1n) is 9.51. The second-order valence-corrected chi connectivity index (χ2v) is 9.25. The number of piperidine rings is 1. The minimum absolute atomic E-state index is 0.0848. The Kier molecular flexibility index (Phi) is 5.89. The van der Waals surface area contributed by atoms with Crippen molar-refractivity contribution >= 4 is 33.8 Å². The van der Waals surface area contributed by atoms with Gasteiger partial charge in [-0.15, -0.1) is 0 Å². The molecule has 3 rings (SSSR count). The maximum Gasteiger partial charge on any atom is 0.411 e. The zero-order chi connectivity index (χ0) is 20.5. The number of fused-ring (bicyclic) bond motifs is 2. The number of ether oxygens (including phenoxy) is 2. The highest BCUT2D eigenvalue weighted by atomic mass is 79.9. The van der Waals surface area contributed by atoms with Gasteiger partial charge in [0.25, 0.3) is 0 Å². The maximum atomic E-state index is 13.6. The van der Waals surface area contributed by atoms with Gasteiger partial charge in [-0.3, -0.25) is 10.2 Å². The summed E-state index contributed by atoms with van der Waals surface area (Å²) in [6, 6.07) is 4.49. The lowest BCUT2D eigenvalue weighted by Crippen LogP contribution is -2.57. The summed E-state index contributed by atoms with van der Waals surface area (Å²) in [5, 5.41) is 2.55. The summed E-state index contributed by atoms with van der Waals surface area (Å²) in [5.74, 6) is -0.474. The number of hydrogen-bond acceptors (Lipinski definition) is 4. The van der Waals surface area contributed by atoms with E-state index in [1.54, 1.807) is 11.0 Å². The van der Waals surface area contributed by atoms with Crippen molar-refractivity contribution in [2.75, 3.05) is 11.9 Å². The molecule has 2 heterocycles. The fourth-order valence-electron chi connectivity index (χ4n) is 4.07. The van der Waals surface area contributed by atoms with Crippen molar-refractivity contribution in [2.24, 2.45) is 0 Å². The van der Waals surface area contributed by atoms with E-state index in [2.05, 4.69) is 21.2 Å². The molecule has 2 aliphatic heterocycles. The molecule has 2 amide bonds. The van der Waals surface area contributed by atoms with Gasteiger partial charge in [0.2, 0.25) is 0 Å². The average molecular weight is 457 g/mol. The maximum absolute atomic E-state index is 13.6. The first kappa shape index (κ1) is 20.9. The second kappa shape index (κ2) is 7.89. The van der Waals surface area contributed by atoms with Gasteiger partial charge in [-0.1, -0.05) is 6.07 Å². The van der Waals surface area contributed by atoms with E-state index >= 15 is 0 Å². The van der Waals surface area contributed by atoms with Crippen molar-refractivity contribution in [3.8, 4) is 0 Å². The van der Waals surface area contributed by atoms with Crippen molar-refractivity contribution in [3.05, 3.63) is 28.5 Å². The number of carbonyl (C=O) groups is 2. The molecule has 2 atom stereocenters. The molecule has 2 aliphatic rings. The van der Waals surface area contributed by atoms with Gasteiger partial charge in [0.05, 0.1) is 15.7 Å². The molecule has 2 fully saturated rings. The Morgan fingerprint density at radius 1 is 1.32 bits per heavy atom. The minimum atomic E-state index is -0.682. The summed E-state index contributed by atoms with van der Waals surface area (Å²) in [6.45, 7) is 5.60. The van der Waals surface area contributed by atoms with Gasteiger partial charge in [0.1, 0.15) is 18.0 Å². The molecule has 6 nitrogen and oxygen atoms in total. The third-order valence-corrected chi connectivity index (χ3v) is 6.05. The minimum Gasteiger partial charge on any atom is -0.447 e.